The summed E-state index contributed by atoms with van der Waals surface area (Å²) in [6.07, 6.45) is 3.33. The van der Waals surface area contributed by atoms with Crippen molar-refractivity contribution < 1.29 is 19.4 Å². The van der Waals surface area contributed by atoms with Crippen LogP contribution in [0.2, 0.25) is 5.02 Å². The minimum absolute atomic E-state index is 0.0369. The number of carbonyl (C=O) groups is 2. The number of likely N-dealkylation sites (tertiary alicyclic amines) is 1. The van der Waals surface area contributed by atoms with E-state index in [-0.39, 0.29) is 22.9 Å². The highest BCUT2D eigenvalue weighted by molar-refractivity contribution is 6.33. The zero-order chi connectivity index (χ0) is 20.7. The third kappa shape index (κ3) is 3.89. The minimum Gasteiger partial charge on any atom is -0.476 e. The molecule has 0 spiro atoms. The van der Waals surface area contributed by atoms with Crippen molar-refractivity contribution in [3.05, 3.63) is 51.8 Å². The van der Waals surface area contributed by atoms with Crippen LogP contribution in [0.1, 0.15) is 40.0 Å². The maximum Gasteiger partial charge on any atom is 0.357 e. The first-order valence-corrected chi connectivity index (χ1v) is 10.2. The first kappa shape index (κ1) is 19.9. The van der Waals surface area contributed by atoms with Gasteiger partial charge in [-0.2, -0.15) is 9.78 Å². The number of aromatic nitrogens is 2. The smallest absolute Gasteiger partial charge is 0.357 e. The molecule has 1 saturated carbocycles. The fourth-order valence-electron chi connectivity index (χ4n) is 4.45. The van der Waals surface area contributed by atoms with Crippen LogP contribution < -0.4 is 0 Å². The van der Waals surface area contributed by atoms with Crippen LogP contribution in [0.3, 0.4) is 0 Å². The molecule has 1 amide bonds. The van der Waals surface area contributed by atoms with Gasteiger partial charge >= 0.3 is 12.0 Å². The molecular weight excluding hydrogens is 394 g/mol. The molecule has 4 rings (SSSR count). The Morgan fingerprint density at radius 3 is 2.55 bits per heavy atom. The Morgan fingerprint density at radius 1 is 1.24 bits per heavy atom. The van der Waals surface area contributed by atoms with Crippen LogP contribution in [0.4, 0.5) is 4.79 Å². The third-order valence-corrected chi connectivity index (χ3v) is 6.51. The molecule has 29 heavy (non-hydrogen) atoms. The molecule has 2 aromatic rings. The number of fused-ring (bicyclic) bond motifs is 1. The number of halogens is 1. The highest BCUT2D eigenvalue weighted by Gasteiger charge is 2.43. The average molecular weight is 418 g/mol. The first-order chi connectivity index (χ1) is 13.8. The minimum atomic E-state index is -1.25. The Hall–Kier alpha value is -2.38. The second-order valence-corrected chi connectivity index (χ2v) is 8.45. The second kappa shape index (κ2) is 7.80. The third-order valence-electron chi connectivity index (χ3n) is 6.24. The van der Waals surface area contributed by atoms with Crippen molar-refractivity contribution in [3.63, 3.8) is 0 Å². The number of hydrogen-bond donors (Lipinski definition) is 1. The summed E-state index contributed by atoms with van der Waals surface area (Å²) in [5, 5.41) is 12.8. The highest BCUT2D eigenvalue weighted by atomic mass is 35.5. The average Bonchev–Trinajstić information content (AvgIpc) is 3.35. The van der Waals surface area contributed by atoms with Gasteiger partial charge < -0.3 is 14.7 Å². The molecule has 0 radical (unpaired) electrons. The van der Waals surface area contributed by atoms with Gasteiger partial charge in [0.25, 0.3) is 0 Å². The van der Waals surface area contributed by atoms with Gasteiger partial charge in [-0.1, -0.05) is 29.8 Å². The van der Waals surface area contributed by atoms with Crippen LogP contribution >= 0.6 is 11.6 Å². The van der Waals surface area contributed by atoms with Crippen molar-refractivity contribution in [2.45, 2.75) is 39.4 Å². The van der Waals surface area contributed by atoms with Gasteiger partial charge in [-0.3, -0.25) is 0 Å². The monoisotopic (exact) mass is 417 g/mol. The van der Waals surface area contributed by atoms with Gasteiger partial charge in [0.05, 0.1) is 23.9 Å². The predicted molar refractivity (Wildman–Crippen MR) is 107 cm³/mol. The molecule has 1 aromatic heterocycles. The molecule has 1 aromatic carbocycles. The van der Waals surface area contributed by atoms with Crippen LogP contribution in [-0.4, -0.2) is 51.0 Å². The SMILES string of the molecule is Cc1cccc(CO[C@H]2C[C@@H]3CN(C(=O)n4cc(Cl)c(C(=O)O)n4)C[C@@H]3C2)c1C. The van der Waals surface area contributed by atoms with Crippen LogP contribution in [0.25, 0.3) is 0 Å². The molecule has 7 nitrogen and oxygen atoms in total. The fourth-order valence-corrected chi connectivity index (χ4v) is 4.66. The van der Waals surface area contributed by atoms with Crippen molar-refractivity contribution in [1.82, 2.24) is 14.7 Å². The molecule has 2 fully saturated rings. The van der Waals surface area contributed by atoms with Gasteiger partial charge in [0.1, 0.15) is 0 Å². The summed E-state index contributed by atoms with van der Waals surface area (Å²) in [7, 11) is 0. The summed E-state index contributed by atoms with van der Waals surface area (Å²) in [6, 6.07) is 5.95. The van der Waals surface area contributed by atoms with Gasteiger partial charge in [0, 0.05) is 13.1 Å². The van der Waals surface area contributed by atoms with Crippen LogP contribution in [0.5, 0.6) is 0 Å². The lowest BCUT2D eigenvalue weighted by atomic mass is 10.0. The molecule has 1 aliphatic heterocycles. The molecule has 154 valence electrons. The molecule has 0 bridgehead atoms. The summed E-state index contributed by atoms with van der Waals surface area (Å²) in [4.78, 5) is 25.5. The van der Waals surface area contributed by atoms with Crippen LogP contribution in [-0.2, 0) is 11.3 Å². The number of aryl methyl sites for hydroxylation is 1. The Balaban J connectivity index is 1.33. The Bertz CT molecular complexity index is 943. The number of amides is 1. The van der Waals surface area contributed by atoms with E-state index in [1.165, 1.54) is 22.9 Å². The summed E-state index contributed by atoms with van der Waals surface area (Å²) < 4.78 is 7.21. The molecule has 1 aliphatic carbocycles. The van der Waals surface area contributed by atoms with E-state index in [9.17, 15) is 9.59 Å². The van der Waals surface area contributed by atoms with Gasteiger partial charge in [0.15, 0.2) is 5.69 Å². The van der Waals surface area contributed by atoms with Crippen molar-refractivity contribution in [3.8, 4) is 0 Å². The lowest BCUT2D eigenvalue weighted by Gasteiger charge is -2.19. The van der Waals surface area contributed by atoms with E-state index in [4.69, 9.17) is 21.4 Å². The summed E-state index contributed by atoms with van der Waals surface area (Å²) >= 11 is 5.86. The lowest BCUT2D eigenvalue weighted by Crippen LogP contribution is -2.34. The predicted octanol–water partition coefficient (Wildman–Crippen LogP) is 3.75. The van der Waals surface area contributed by atoms with Crippen molar-refractivity contribution in [1.29, 1.82) is 0 Å². The quantitative estimate of drug-likeness (QED) is 0.818. The Kier molecular flexibility index (Phi) is 5.36. The van der Waals surface area contributed by atoms with E-state index < -0.39 is 5.97 Å². The van der Waals surface area contributed by atoms with E-state index in [0.29, 0.717) is 31.5 Å². The summed E-state index contributed by atoms with van der Waals surface area (Å²) in [6.45, 7) is 6.11. The Labute approximate surface area is 174 Å². The first-order valence-electron chi connectivity index (χ1n) is 9.78. The number of carboxylic acids is 1. The fraction of sp³-hybridized carbons (Fsp3) is 0.476. The number of aromatic carboxylic acids is 1. The topological polar surface area (TPSA) is 84.7 Å². The van der Waals surface area contributed by atoms with Crippen LogP contribution in [0, 0.1) is 25.7 Å². The van der Waals surface area contributed by atoms with E-state index in [2.05, 4.69) is 37.1 Å². The zero-order valence-corrected chi connectivity index (χ0v) is 17.2. The number of nitrogens with zero attached hydrogens (tertiary/aromatic N) is 3. The van der Waals surface area contributed by atoms with Crippen LogP contribution in [0.15, 0.2) is 24.4 Å². The number of carboxylic acid groups (broad SMARTS) is 1. The molecule has 1 saturated heterocycles. The van der Waals surface area contributed by atoms with E-state index in [0.717, 1.165) is 17.5 Å². The Morgan fingerprint density at radius 2 is 1.93 bits per heavy atom. The normalized spacial score (nSPS) is 23.4. The summed E-state index contributed by atoms with van der Waals surface area (Å²) in [5.41, 5.74) is 3.47. The number of benzene rings is 1. The second-order valence-electron chi connectivity index (χ2n) is 8.05. The zero-order valence-electron chi connectivity index (χ0n) is 16.5. The molecule has 3 atom stereocenters. The van der Waals surface area contributed by atoms with Gasteiger partial charge in [-0.25, -0.2) is 9.59 Å². The lowest BCUT2D eigenvalue weighted by molar-refractivity contribution is 0.0380. The maximum atomic E-state index is 12.7. The van der Waals surface area contributed by atoms with E-state index in [1.807, 2.05) is 0 Å². The van der Waals surface area contributed by atoms with Crippen molar-refractivity contribution >= 4 is 23.6 Å². The standard InChI is InChI=1S/C21H24ClN3O4/c1-12-4-3-5-14(13(12)2)11-29-17-6-15-8-24(9-16(15)7-17)21(28)25-10-18(22)19(23-25)20(26)27/h3-5,10,15-17H,6-9,11H2,1-2H3,(H,26,27)/t15-,16+,17+. The van der Waals surface area contributed by atoms with Gasteiger partial charge in [0.2, 0.25) is 0 Å². The number of carbonyl (C=O) groups excluding carboxylic acids is 1. The van der Waals surface area contributed by atoms with Crippen molar-refractivity contribution in [2.75, 3.05) is 13.1 Å². The molecule has 2 heterocycles. The van der Waals surface area contributed by atoms with E-state index in [1.54, 1.807) is 4.90 Å². The van der Waals surface area contributed by atoms with Gasteiger partial charge in [-0.15, -0.1) is 0 Å². The molecule has 2 aliphatic rings. The summed E-state index contributed by atoms with van der Waals surface area (Å²) in [5.74, 6) is -0.455. The highest BCUT2D eigenvalue weighted by Crippen LogP contribution is 2.40. The maximum absolute atomic E-state index is 12.7. The van der Waals surface area contributed by atoms with Gasteiger partial charge in [-0.05, 0) is 55.2 Å². The molecule has 8 heteroatoms. The largest absolute Gasteiger partial charge is 0.476 e. The van der Waals surface area contributed by atoms with Crippen molar-refractivity contribution in [2.24, 2.45) is 11.8 Å². The number of rotatable bonds is 4. The number of ether oxygens (including phenoxy) is 1. The molecule has 1 N–H and O–H groups in total. The molecular formula is C21H24ClN3O4. The number of hydrogen-bond acceptors (Lipinski definition) is 4. The van der Waals surface area contributed by atoms with E-state index >= 15 is 0 Å². The molecule has 0 unspecified atom stereocenters.